The van der Waals surface area contributed by atoms with Gasteiger partial charge in [-0.05, 0) is 53.8 Å². The molecule has 202 valence electrons. The monoisotopic (exact) mass is 528 g/mol. The van der Waals surface area contributed by atoms with Crippen LogP contribution in [0.2, 0.25) is 0 Å². The number of carboxylic acid groups (broad SMARTS) is 1. The van der Waals surface area contributed by atoms with Gasteiger partial charge in [-0.2, -0.15) is 0 Å². The van der Waals surface area contributed by atoms with E-state index >= 15 is 0 Å². The molecule has 0 atom stereocenters. The first-order valence-corrected chi connectivity index (χ1v) is 12.9. The number of fused-ring (bicyclic) bond motifs is 1. The maximum Gasteiger partial charge on any atom is 0.342 e. The van der Waals surface area contributed by atoms with Crippen molar-refractivity contribution in [3.8, 4) is 17.0 Å². The van der Waals surface area contributed by atoms with Crippen molar-refractivity contribution in [1.82, 2.24) is 9.88 Å². The topological polar surface area (TPSA) is 117 Å². The third-order valence-electron chi connectivity index (χ3n) is 7.13. The number of nitrogens with zero attached hydrogens (tertiary/aromatic N) is 2. The first-order chi connectivity index (χ1) is 19.0. The summed E-state index contributed by atoms with van der Waals surface area (Å²) in [7, 11) is 1.34. The van der Waals surface area contributed by atoms with Crippen LogP contribution in [0.15, 0.2) is 66.1 Å². The van der Waals surface area contributed by atoms with Crippen LogP contribution in [0.5, 0.6) is 5.75 Å². The zero-order chi connectivity index (χ0) is 27.4. The molecule has 3 heterocycles. The summed E-state index contributed by atoms with van der Waals surface area (Å²) in [5.41, 5.74) is 6.04. The normalized spacial score (nSPS) is 15.9. The summed E-state index contributed by atoms with van der Waals surface area (Å²) in [5, 5.41) is 19.6. The summed E-state index contributed by atoms with van der Waals surface area (Å²) >= 11 is 0. The van der Waals surface area contributed by atoms with Gasteiger partial charge in [-0.3, -0.25) is 4.90 Å². The number of hydrogen-bond donors (Lipinski definition) is 3. The molecule has 39 heavy (non-hydrogen) atoms. The molecule has 1 fully saturated rings. The van der Waals surface area contributed by atoms with Gasteiger partial charge in [0, 0.05) is 24.9 Å². The second kappa shape index (κ2) is 11.7. The number of aliphatic carboxylic acids is 1. The summed E-state index contributed by atoms with van der Waals surface area (Å²) < 4.78 is 16.9. The first-order valence-electron chi connectivity index (χ1n) is 12.9. The van der Waals surface area contributed by atoms with Crippen molar-refractivity contribution >= 4 is 18.0 Å². The average Bonchev–Trinajstić information content (AvgIpc) is 2.91. The average molecular weight is 529 g/mol. The standard InChI is InChI=1S/C30H32N4O5/c1-19-5-3-6-24(26-7-4-8-27(32-26)33-29(37-2)25(14-31)30(35)36)28(19)39-16-20-9-10-22-15-34(23-17-38-18-23)12-11-21(22)13-20/h3-10,13-14,23,31H,11-12,15-18H2,1-2H3,(H,32,33)(H,35,36)/b29-25-,31-14?. The Labute approximate surface area is 227 Å². The molecule has 1 aromatic heterocycles. The molecule has 2 aliphatic heterocycles. The number of benzene rings is 2. The number of hydrogen-bond acceptors (Lipinski definition) is 8. The number of pyridine rings is 1. The summed E-state index contributed by atoms with van der Waals surface area (Å²) in [6, 6.07) is 18.5. The maximum atomic E-state index is 11.4. The van der Waals surface area contributed by atoms with E-state index in [4.69, 9.17) is 19.6 Å². The third-order valence-corrected chi connectivity index (χ3v) is 7.13. The van der Waals surface area contributed by atoms with Gasteiger partial charge in [-0.1, -0.05) is 36.4 Å². The lowest BCUT2D eigenvalue weighted by molar-refractivity contribution is -0.132. The zero-order valence-electron chi connectivity index (χ0n) is 22.1. The van der Waals surface area contributed by atoms with E-state index in [1.165, 1.54) is 18.2 Å². The van der Waals surface area contributed by atoms with Crippen LogP contribution in [0.3, 0.4) is 0 Å². The molecular weight excluding hydrogens is 496 g/mol. The Morgan fingerprint density at radius 3 is 2.74 bits per heavy atom. The van der Waals surface area contributed by atoms with Crippen LogP contribution in [0.1, 0.15) is 22.3 Å². The highest BCUT2D eigenvalue weighted by atomic mass is 16.5. The molecule has 0 spiro atoms. The van der Waals surface area contributed by atoms with Gasteiger partial charge >= 0.3 is 5.97 Å². The highest BCUT2D eigenvalue weighted by molar-refractivity contribution is 6.08. The van der Waals surface area contributed by atoms with E-state index in [2.05, 4.69) is 33.4 Å². The molecule has 3 aromatic rings. The molecule has 0 aliphatic carbocycles. The molecular formula is C30H32N4O5. The molecule has 2 aliphatic rings. The van der Waals surface area contributed by atoms with Crippen molar-refractivity contribution in [3.63, 3.8) is 0 Å². The Hall–Kier alpha value is -4.21. The van der Waals surface area contributed by atoms with Crippen LogP contribution in [0.25, 0.3) is 11.3 Å². The number of anilines is 1. The minimum Gasteiger partial charge on any atom is -0.488 e. The molecule has 9 nitrogen and oxygen atoms in total. The largest absolute Gasteiger partial charge is 0.488 e. The summed E-state index contributed by atoms with van der Waals surface area (Å²) in [5.74, 6) is -0.217. The van der Waals surface area contributed by atoms with Gasteiger partial charge in [0.1, 0.15) is 23.7 Å². The fourth-order valence-electron chi connectivity index (χ4n) is 4.89. The third kappa shape index (κ3) is 5.79. The Bertz CT molecular complexity index is 1420. The minimum atomic E-state index is -1.27. The van der Waals surface area contributed by atoms with Gasteiger partial charge in [-0.15, -0.1) is 0 Å². The number of rotatable bonds is 10. The molecule has 5 rings (SSSR count). The molecule has 2 aromatic carbocycles. The highest BCUT2D eigenvalue weighted by Crippen LogP contribution is 2.34. The predicted molar refractivity (Wildman–Crippen MR) is 148 cm³/mol. The number of aromatic nitrogens is 1. The summed E-state index contributed by atoms with van der Waals surface area (Å²) in [6.45, 7) is 6.13. The number of aryl methyl sites for hydroxylation is 1. The van der Waals surface area contributed by atoms with Gasteiger partial charge in [0.15, 0.2) is 0 Å². The van der Waals surface area contributed by atoms with E-state index in [9.17, 15) is 9.90 Å². The van der Waals surface area contributed by atoms with E-state index in [1.807, 2.05) is 37.3 Å². The van der Waals surface area contributed by atoms with Crippen molar-refractivity contribution in [1.29, 1.82) is 5.41 Å². The van der Waals surface area contributed by atoms with Crippen molar-refractivity contribution < 1.29 is 24.1 Å². The van der Waals surface area contributed by atoms with Gasteiger partial charge in [0.25, 0.3) is 0 Å². The van der Waals surface area contributed by atoms with Gasteiger partial charge < -0.3 is 30.0 Å². The molecule has 0 unspecified atom stereocenters. The Kier molecular flexibility index (Phi) is 7.90. The zero-order valence-corrected chi connectivity index (χ0v) is 22.1. The van der Waals surface area contributed by atoms with Crippen LogP contribution in [-0.2, 0) is 33.8 Å². The predicted octanol–water partition coefficient (Wildman–Crippen LogP) is 4.40. The van der Waals surface area contributed by atoms with Gasteiger partial charge in [0.05, 0.1) is 32.1 Å². The van der Waals surface area contributed by atoms with Crippen LogP contribution in [0, 0.1) is 12.3 Å². The minimum absolute atomic E-state index is 0.0700. The summed E-state index contributed by atoms with van der Waals surface area (Å²) in [6.07, 6.45) is 1.75. The Balaban J connectivity index is 1.34. The second-order valence-corrected chi connectivity index (χ2v) is 9.68. The van der Waals surface area contributed by atoms with E-state index in [-0.39, 0.29) is 11.5 Å². The second-order valence-electron chi connectivity index (χ2n) is 9.68. The fraction of sp³-hybridized carbons (Fsp3) is 0.300. The van der Waals surface area contributed by atoms with E-state index < -0.39 is 5.97 Å². The number of ether oxygens (including phenoxy) is 3. The molecule has 9 heteroatoms. The molecule has 0 bridgehead atoms. The lowest BCUT2D eigenvalue weighted by Gasteiger charge is -2.40. The quantitative estimate of drug-likeness (QED) is 0.201. The van der Waals surface area contributed by atoms with E-state index in [1.54, 1.807) is 6.07 Å². The smallest absolute Gasteiger partial charge is 0.342 e. The highest BCUT2D eigenvalue weighted by Gasteiger charge is 2.28. The first kappa shape index (κ1) is 26.4. The lowest BCUT2D eigenvalue weighted by atomic mass is 9.96. The van der Waals surface area contributed by atoms with Gasteiger partial charge in [-0.25, -0.2) is 9.78 Å². The molecule has 0 saturated carbocycles. The van der Waals surface area contributed by atoms with Crippen molar-refractivity contribution in [2.75, 3.05) is 32.2 Å². The van der Waals surface area contributed by atoms with Crippen molar-refractivity contribution in [2.45, 2.75) is 32.5 Å². The number of methoxy groups -OCH3 is 1. The molecule has 1 saturated heterocycles. The van der Waals surface area contributed by atoms with Crippen LogP contribution < -0.4 is 10.1 Å². The van der Waals surface area contributed by atoms with Crippen LogP contribution in [0.4, 0.5) is 5.82 Å². The van der Waals surface area contributed by atoms with E-state index in [0.29, 0.717) is 24.2 Å². The van der Waals surface area contributed by atoms with Crippen LogP contribution >= 0.6 is 0 Å². The van der Waals surface area contributed by atoms with Crippen LogP contribution in [-0.4, -0.2) is 60.1 Å². The fourth-order valence-corrected chi connectivity index (χ4v) is 4.89. The van der Waals surface area contributed by atoms with Gasteiger partial charge in [0.2, 0.25) is 5.88 Å². The number of carboxylic acids is 1. The Morgan fingerprint density at radius 1 is 1.21 bits per heavy atom. The SMILES string of the molecule is CO/C(Nc1cccc(-c2cccc(C)c2OCc2ccc3c(c2)CCN(C2COC2)C3)n1)=C(/C=N)C(=O)O. The number of carbonyl (C=O) groups is 1. The van der Waals surface area contributed by atoms with Crippen molar-refractivity contribution in [3.05, 3.63) is 88.3 Å². The molecule has 0 amide bonds. The lowest BCUT2D eigenvalue weighted by Crippen LogP contribution is -2.50. The summed E-state index contributed by atoms with van der Waals surface area (Å²) in [4.78, 5) is 18.6. The number of nitrogens with one attached hydrogen (secondary N) is 2. The maximum absolute atomic E-state index is 11.4. The van der Waals surface area contributed by atoms with Crippen molar-refractivity contribution in [2.24, 2.45) is 0 Å². The number of para-hydroxylation sites is 1. The molecule has 0 radical (unpaired) electrons. The Morgan fingerprint density at radius 2 is 2.03 bits per heavy atom. The van der Waals surface area contributed by atoms with E-state index in [0.717, 1.165) is 61.4 Å². The molecule has 3 N–H and O–H groups in total.